The minimum Gasteiger partial charge on any atom is -0.467 e. The quantitative estimate of drug-likeness (QED) is 0.728. The van der Waals surface area contributed by atoms with Crippen LogP contribution in [-0.2, 0) is 16.1 Å². The van der Waals surface area contributed by atoms with E-state index in [2.05, 4.69) is 4.98 Å². The normalized spacial score (nSPS) is 17.6. The van der Waals surface area contributed by atoms with Gasteiger partial charge in [0, 0.05) is 23.6 Å². The Morgan fingerprint density at radius 1 is 1.04 bits per heavy atom. The van der Waals surface area contributed by atoms with Crippen molar-refractivity contribution in [2.45, 2.75) is 12.6 Å². The first-order valence-corrected chi connectivity index (χ1v) is 8.32. The van der Waals surface area contributed by atoms with Crippen molar-refractivity contribution >= 4 is 17.5 Å². The van der Waals surface area contributed by atoms with Crippen LogP contribution in [0, 0.1) is 0 Å². The molecule has 0 bridgehead atoms. The van der Waals surface area contributed by atoms with Crippen molar-refractivity contribution < 1.29 is 14.0 Å². The maximum atomic E-state index is 13.3. The first kappa shape index (κ1) is 16.1. The van der Waals surface area contributed by atoms with Gasteiger partial charge in [-0.05, 0) is 30.3 Å². The molecule has 6 heteroatoms. The lowest BCUT2D eigenvalue weighted by Gasteiger charge is -2.40. The first-order chi connectivity index (χ1) is 12.7. The average Bonchev–Trinajstić information content (AvgIpc) is 3.19. The van der Waals surface area contributed by atoms with Crippen molar-refractivity contribution in [3.8, 4) is 0 Å². The minimum absolute atomic E-state index is 0.000315. The Balaban J connectivity index is 1.73. The summed E-state index contributed by atoms with van der Waals surface area (Å²) in [6, 6.07) is 15.6. The fraction of sp³-hybridized carbons (Fsp3) is 0.150. The number of rotatable bonds is 4. The maximum Gasteiger partial charge on any atom is 0.254 e. The average molecular weight is 347 g/mol. The van der Waals surface area contributed by atoms with E-state index in [-0.39, 0.29) is 24.9 Å². The molecule has 130 valence electrons. The van der Waals surface area contributed by atoms with Crippen LogP contribution in [0.4, 0.5) is 5.69 Å². The number of aromatic nitrogens is 1. The van der Waals surface area contributed by atoms with Gasteiger partial charge < -0.3 is 14.2 Å². The molecular weight excluding hydrogens is 330 g/mol. The molecule has 1 atom stereocenters. The van der Waals surface area contributed by atoms with E-state index in [1.165, 1.54) is 4.90 Å². The molecule has 2 amide bonds. The Morgan fingerprint density at radius 3 is 2.58 bits per heavy atom. The summed E-state index contributed by atoms with van der Waals surface area (Å²) >= 11 is 0. The highest BCUT2D eigenvalue weighted by Gasteiger charge is 2.41. The molecule has 1 saturated heterocycles. The summed E-state index contributed by atoms with van der Waals surface area (Å²) in [5, 5.41) is 0. The number of carbonyl (C=O) groups excluding carboxylic acids is 2. The SMILES string of the molecule is O=C1C(c2cccnc2)N(Cc2ccco2)C(=O)CN1c1ccccc1. The van der Waals surface area contributed by atoms with Gasteiger partial charge in [0.15, 0.2) is 0 Å². The van der Waals surface area contributed by atoms with E-state index >= 15 is 0 Å². The molecule has 1 aliphatic heterocycles. The van der Waals surface area contributed by atoms with Crippen molar-refractivity contribution in [1.29, 1.82) is 0 Å². The molecule has 1 unspecified atom stereocenters. The van der Waals surface area contributed by atoms with Crippen LogP contribution in [0.3, 0.4) is 0 Å². The topological polar surface area (TPSA) is 66.7 Å². The maximum absolute atomic E-state index is 13.3. The molecule has 3 aromatic rings. The van der Waals surface area contributed by atoms with E-state index in [9.17, 15) is 9.59 Å². The third-order valence-corrected chi connectivity index (χ3v) is 4.40. The largest absolute Gasteiger partial charge is 0.467 e. The van der Waals surface area contributed by atoms with E-state index in [1.807, 2.05) is 36.4 Å². The van der Waals surface area contributed by atoms with Crippen molar-refractivity contribution in [2.24, 2.45) is 0 Å². The van der Waals surface area contributed by atoms with Gasteiger partial charge >= 0.3 is 0 Å². The summed E-state index contributed by atoms with van der Waals surface area (Å²) in [4.78, 5) is 33.4. The Kier molecular flexibility index (Phi) is 4.23. The Bertz CT molecular complexity index is 895. The molecule has 0 spiro atoms. The van der Waals surface area contributed by atoms with Gasteiger partial charge in [0.1, 0.15) is 18.3 Å². The standard InChI is InChI=1S/C20H17N3O3/c24-18-14-22(16-7-2-1-3-8-16)20(25)19(15-6-4-10-21-12-15)23(18)13-17-9-5-11-26-17/h1-12,19H,13-14H2. The smallest absolute Gasteiger partial charge is 0.254 e. The zero-order valence-corrected chi connectivity index (χ0v) is 14.0. The number of piperazine rings is 1. The van der Waals surface area contributed by atoms with Crippen LogP contribution in [0.1, 0.15) is 17.4 Å². The number of benzene rings is 1. The lowest BCUT2D eigenvalue weighted by molar-refractivity contribution is -0.144. The molecule has 0 saturated carbocycles. The molecule has 0 aliphatic carbocycles. The predicted octanol–water partition coefficient (Wildman–Crippen LogP) is 2.79. The fourth-order valence-corrected chi connectivity index (χ4v) is 3.17. The summed E-state index contributed by atoms with van der Waals surface area (Å²) in [7, 11) is 0. The van der Waals surface area contributed by atoms with Crippen molar-refractivity contribution in [3.05, 3.63) is 84.6 Å². The number of amides is 2. The fourth-order valence-electron chi connectivity index (χ4n) is 3.17. The third-order valence-electron chi connectivity index (χ3n) is 4.40. The van der Waals surface area contributed by atoms with Gasteiger partial charge in [-0.2, -0.15) is 0 Å². The molecule has 6 nitrogen and oxygen atoms in total. The Hall–Kier alpha value is -3.41. The van der Waals surface area contributed by atoms with Gasteiger partial charge in [-0.1, -0.05) is 24.3 Å². The number of anilines is 1. The second kappa shape index (κ2) is 6.84. The molecule has 0 radical (unpaired) electrons. The van der Waals surface area contributed by atoms with E-state index in [4.69, 9.17) is 4.42 Å². The summed E-state index contributed by atoms with van der Waals surface area (Å²) in [5.41, 5.74) is 1.38. The van der Waals surface area contributed by atoms with Gasteiger partial charge in [-0.15, -0.1) is 0 Å². The predicted molar refractivity (Wildman–Crippen MR) is 95.0 cm³/mol. The summed E-state index contributed by atoms with van der Waals surface area (Å²) in [6.45, 7) is 0.236. The molecule has 1 aromatic carbocycles. The molecule has 1 fully saturated rings. The van der Waals surface area contributed by atoms with Crippen LogP contribution in [0.25, 0.3) is 0 Å². The van der Waals surface area contributed by atoms with Crippen LogP contribution in [-0.4, -0.2) is 28.2 Å². The summed E-state index contributed by atoms with van der Waals surface area (Å²) in [5.74, 6) is 0.335. The van der Waals surface area contributed by atoms with E-state index in [1.54, 1.807) is 41.8 Å². The second-order valence-corrected chi connectivity index (χ2v) is 6.05. The lowest BCUT2D eigenvalue weighted by atomic mass is 10.0. The van der Waals surface area contributed by atoms with Crippen molar-refractivity contribution in [3.63, 3.8) is 0 Å². The molecule has 3 heterocycles. The van der Waals surface area contributed by atoms with Crippen molar-refractivity contribution in [2.75, 3.05) is 11.4 Å². The lowest BCUT2D eigenvalue weighted by Crippen LogP contribution is -2.55. The Labute approximate surface area is 150 Å². The molecule has 0 N–H and O–H groups in total. The van der Waals surface area contributed by atoms with Crippen LogP contribution in [0.2, 0.25) is 0 Å². The van der Waals surface area contributed by atoms with Gasteiger partial charge in [-0.25, -0.2) is 0 Å². The minimum atomic E-state index is -0.741. The number of pyridine rings is 1. The zero-order chi connectivity index (χ0) is 17.9. The number of hydrogen-bond acceptors (Lipinski definition) is 4. The Morgan fingerprint density at radius 2 is 1.88 bits per heavy atom. The van der Waals surface area contributed by atoms with Crippen LogP contribution in [0.5, 0.6) is 0 Å². The van der Waals surface area contributed by atoms with Gasteiger partial charge in [0.25, 0.3) is 5.91 Å². The highest BCUT2D eigenvalue weighted by atomic mass is 16.3. The summed E-state index contributed by atoms with van der Waals surface area (Å²) in [6.07, 6.45) is 4.82. The van der Waals surface area contributed by atoms with E-state index < -0.39 is 6.04 Å². The molecule has 2 aromatic heterocycles. The molecule has 4 rings (SSSR count). The monoisotopic (exact) mass is 347 g/mol. The molecule has 1 aliphatic rings. The number of carbonyl (C=O) groups is 2. The van der Waals surface area contributed by atoms with E-state index in [0.717, 1.165) is 0 Å². The van der Waals surface area contributed by atoms with Crippen LogP contribution >= 0.6 is 0 Å². The third kappa shape index (κ3) is 2.97. The molecule has 26 heavy (non-hydrogen) atoms. The first-order valence-electron chi connectivity index (χ1n) is 8.32. The zero-order valence-electron chi connectivity index (χ0n) is 14.0. The van der Waals surface area contributed by atoms with E-state index in [0.29, 0.717) is 17.0 Å². The van der Waals surface area contributed by atoms with Crippen LogP contribution in [0.15, 0.2) is 77.7 Å². The van der Waals surface area contributed by atoms with Gasteiger partial charge in [-0.3, -0.25) is 14.6 Å². The van der Waals surface area contributed by atoms with Crippen LogP contribution < -0.4 is 4.90 Å². The number of furan rings is 1. The number of nitrogens with zero attached hydrogens (tertiary/aromatic N) is 3. The molecular formula is C20H17N3O3. The second-order valence-electron chi connectivity index (χ2n) is 6.05. The number of para-hydroxylation sites is 1. The van der Waals surface area contributed by atoms with Crippen molar-refractivity contribution in [1.82, 2.24) is 9.88 Å². The number of hydrogen-bond donors (Lipinski definition) is 0. The summed E-state index contributed by atoms with van der Waals surface area (Å²) < 4.78 is 5.38. The highest BCUT2D eigenvalue weighted by molar-refractivity contribution is 6.06. The highest BCUT2D eigenvalue weighted by Crippen LogP contribution is 2.31. The van der Waals surface area contributed by atoms with Gasteiger partial charge in [0.05, 0.1) is 12.8 Å². The van der Waals surface area contributed by atoms with Gasteiger partial charge in [0.2, 0.25) is 5.91 Å².